The molecule has 0 saturated carbocycles. The summed E-state index contributed by atoms with van der Waals surface area (Å²) in [5.41, 5.74) is 0.839. The van der Waals surface area contributed by atoms with Crippen molar-refractivity contribution in [1.29, 1.82) is 0 Å². The predicted octanol–water partition coefficient (Wildman–Crippen LogP) is 3.07. The molecular formula is C19H25N5O3S. The van der Waals surface area contributed by atoms with Gasteiger partial charge in [-0.15, -0.1) is 11.3 Å². The maximum atomic E-state index is 12.2. The van der Waals surface area contributed by atoms with E-state index in [1.54, 1.807) is 23.5 Å². The van der Waals surface area contributed by atoms with Crippen LogP contribution in [0, 0.1) is 10.1 Å². The summed E-state index contributed by atoms with van der Waals surface area (Å²) in [6, 6.07) is 4.92. The van der Waals surface area contributed by atoms with Crippen LogP contribution in [0.3, 0.4) is 0 Å². The van der Waals surface area contributed by atoms with E-state index < -0.39 is 4.92 Å². The van der Waals surface area contributed by atoms with Crippen molar-refractivity contribution in [2.75, 3.05) is 31.1 Å². The summed E-state index contributed by atoms with van der Waals surface area (Å²) in [6.45, 7) is 8.82. The van der Waals surface area contributed by atoms with Gasteiger partial charge in [0.25, 0.3) is 11.6 Å². The van der Waals surface area contributed by atoms with Gasteiger partial charge in [-0.05, 0) is 32.9 Å². The van der Waals surface area contributed by atoms with Crippen molar-refractivity contribution < 1.29 is 9.72 Å². The number of anilines is 1. The average Bonchev–Trinajstić information content (AvgIpc) is 3.21. The van der Waals surface area contributed by atoms with Crippen LogP contribution in [0.2, 0.25) is 0 Å². The fraction of sp³-hybridized carbons (Fsp3) is 0.474. The van der Waals surface area contributed by atoms with Crippen LogP contribution in [0.1, 0.15) is 42.2 Å². The Bertz CT molecular complexity index is 832. The second-order valence-electron chi connectivity index (χ2n) is 7.16. The molecule has 1 unspecified atom stereocenters. The monoisotopic (exact) mass is 403 g/mol. The average molecular weight is 404 g/mol. The first kappa shape index (κ1) is 20.2. The Morgan fingerprint density at radius 2 is 1.96 bits per heavy atom. The highest BCUT2D eigenvalue weighted by atomic mass is 32.1. The van der Waals surface area contributed by atoms with Gasteiger partial charge in [0.15, 0.2) is 0 Å². The lowest BCUT2D eigenvalue weighted by Crippen LogP contribution is -2.47. The van der Waals surface area contributed by atoms with Crippen molar-refractivity contribution >= 4 is 28.6 Å². The zero-order valence-electron chi connectivity index (χ0n) is 16.3. The van der Waals surface area contributed by atoms with Gasteiger partial charge in [0.05, 0.1) is 11.0 Å². The lowest BCUT2D eigenvalue weighted by molar-refractivity contribution is -0.384. The Morgan fingerprint density at radius 3 is 2.54 bits per heavy atom. The van der Waals surface area contributed by atoms with E-state index in [0.29, 0.717) is 24.3 Å². The van der Waals surface area contributed by atoms with E-state index in [1.165, 1.54) is 6.07 Å². The highest BCUT2D eigenvalue weighted by Gasteiger charge is 2.27. The normalized spacial score (nSPS) is 16.2. The molecule has 0 radical (unpaired) electrons. The van der Waals surface area contributed by atoms with Crippen molar-refractivity contribution in [2.45, 2.75) is 32.9 Å². The van der Waals surface area contributed by atoms with Gasteiger partial charge in [-0.1, -0.05) is 0 Å². The summed E-state index contributed by atoms with van der Waals surface area (Å²) in [6.07, 6.45) is 1.81. The molecule has 1 N–H and O–H groups in total. The number of carbonyl (C=O) groups excluding carboxylic acids is 1. The fourth-order valence-electron chi connectivity index (χ4n) is 3.37. The number of carbonyl (C=O) groups is 1. The Kier molecular flexibility index (Phi) is 6.25. The molecule has 1 fully saturated rings. The molecule has 9 heteroatoms. The quantitative estimate of drug-likeness (QED) is 0.589. The number of nitrogens with zero attached hydrogens (tertiary/aromatic N) is 4. The SMILES string of the molecule is CC(C)NC(=O)c1ccc(N2CCN(C(C)c3nccs3)CC2)c([N+](=O)[O-])c1. The van der Waals surface area contributed by atoms with Crippen molar-refractivity contribution in [1.82, 2.24) is 15.2 Å². The minimum absolute atomic E-state index is 0.0286. The summed E-state index contributed by atoms with van der Waals surface area (Å²) < 4.78 is 0. The molecule has 1 atom stereocenters. The third-order valence-corrected chi connectivity index (χ3v) is 5.81. The molecule has 3 rings (SSSR count). The second-order valence-corrected chi connectivity index (χ2v) is 8.08. The lowest BCUT2D eigenvalue weighted by Gasteiger charge is -2.38. The molecule has 1 aromatic heterocycles. The van der Waals surface area contributed by atoms with Crippen LogP contribution >= 0.6 is 11.3 Å². The van der Waals surface area contributed by atoms with E-state index >= 15 is 0 Å². The minimum Gasteiger partial charge on any atom is -0.363 e. The van der Waals surface area contributed by atoms with Crippen LogP contribution in [0.4, 0.5) is 11.4 Å². The zero-order chi connectivity index (χ0) is 20.3. The Morgan fingerprint density at radius 1 is 1.25 bits per heavy atom. The minimum atomic E-state index is -0.411. The van der Waals surface area contributed by atoms with Crippen LogP contribution in [0.25, 0.3) is 0 Å². The van der Waals surface area contributed by atoms with E-state index in [9.17, 15) is 14.9 Å². The van der Waals surface area contributed by atoms with Crippen LogP contribution in [0.15, 0.2) is 29.8 Å². The molecule has 2 aromatic rings. The summed E-state index contributed by atoms with van der Waals surface area (Å²) >= 11 is 1.64. The molecule has 0 spiro atoms. The van der Waals surface area contributed by atoms with E-state index in [4.69, 9.17) is 0 Å². The second kappa shape index (κ2) is 8.66. The van der Waals surface area contributed by atoms with Gasteiger partial charge in [0.1, 0.15) is 10.7 Å². The van der Waals surface area contributed by atoms with E-state index in [-0.39, 0.29) is 23.7 Å². The van der Waals surface area contributed by atoms with Gasteiger partial charge in [-0.3, -0.25) is 19.8 Å². The Balaban J connectivity index is 1.73. The lowest BCUT2D eigenvalue weighted by atomic mass is 10.1. The van der Waals surface area contributed by atoms with Gasteiger partial charge in [-0.2, -0.15) is 0 Å². The molecule has 150 valence electrons. The van der Waals surface area contributed by atoms with E-state index in [2.05, 4.69) is 22.1 Å². The first-order valence-electron chi connectivity index (χ1n) is 9.34. The standard InChI is InChI=1S/C19H25N5O3S/c1-13(2)21-18(25)15-4-5-16(17(12-15)24(26)27)23-9-7-22(8-10-23)14(3)19-20-6-11-28-19/h4-6,11-14H,7-10H2,1-3H3,(H,21,25). The van der Waals surface area contributed by atoms with E-state index in [0.717, 1.165) is 18.1 Å². The molecule has 1 aliphatic heterocycles. The highest BCUT2D eigenvalue weighted by molar-refractivity contribution is 7.09. The van der Waals surface area contributed by atoms with Gasteiger partial charge in [0, 0.05) is 55.4 Å². The first-order chi connectivity index (χ1) is 13.4. The molecule has 1 amide bonds. The number of piperazine rings is 1. The number of rotatable bonds is 6. The topological polar surface area (TPSA) is 91.6 Å². The van der Waals surface area contributed by atoms with Crippen molar-refractivity contribution in [3.8, 4) is 0 Å². The summed E-state index contributed by atoms with van der Waals surface area (Å²) in [5, 5.41) is 17.4. The number of hydrogen-bond donors (Lipinski definition) is 1. The van der Waals surface area contributed by atoms with Crippen LogP contribution in [-0.2, 0) is 0 Å². The number of hydrogen-bond acceptors (Lipinski definition) is 7. The van der Waals surface area contributed by atoms with Crippen LogP contribution in [0.5, 0.6) is 0 Å². The number of nitro benzene ring substituents is 1. The summed E-state index contributed by atoms with van der Waals surface area (Å²) in [7, 11) is 0. The summed E-state index contributed by atoms with van der Waals surface area (Å²) in [4.78, 5) is 32.1. The first-order valence-corrected chi connectivity index (χ1v) is 10.2. The van der Waals surface area contributed by atoms with Gasteiger partial charge >= 0.3 is 0 Å². The predicted molar refractivity (Wildman–Crippen MR) is 110 cm³/mol. The Hall–Kier alpha value is -2.52. The largest absolute Gasteiger partial charge is 0.363 e. The number of nitrogens with one attached hydrogen (secondary N) is 1. The molecule has 0 aliphatic carbocycles. The van der Waals surface area contributed by atoms with Gasteiger partial charge in [-0.25, -0.2) is 4.98 Å². The van der Waals surface area contributed by atoms with Crippen molar-refractivity contribution in [3.05, 3.63) is 50.5 Å². The van der Waals surface area contributed by atoms with Gasteiger partial charge < -0.3 is 10.2 Å². The van der Waals surface area contributed by atoms with Gasteiger partial charge in [0.2, 0.25) is 0 Å². The molecule has 1 aromatic carbocycles. The molecule has 8 nitrogen and oxygen atoms in total. The molecule has 1 aliphatic rings. The fourth-order valence-corrected chi connectivity index (χ4v) is 4.10. The maximum Gasteiger partial charge on any atom is 0.293 e. The number of nitro groups is 1. The molecule has 2 heterocycles. The van der Waals surface area contributed by atoms with Crippen molar-refractivity contribution in [3.63, 3.8) is 0 Å². The number of benzene rings is 1. The maximum absolute atomic E-state index is 12.2. The zero-order valence-corrected chi connectivity index (χ0v) is 17.1. The summed E-state index contributed by atoms with van der Waals surface area (Å²) in [5.74, 6) is -0.299. The molecule has 1 saturated heterocycles. The molecular weight excluding hydrogens is 378 g/mol. The van der Waals surface area contributed by atoms with Crippen LogP contribution < -0.4 is 10.2 Å². The molecule has 28 heavy (non-hydrogen) atoms. The number of aromatic nitrogens is 1. The number of amides is 1. The Labute approximate surface area is 168 Å². The van der Waals surface area contributed by atoms with E-state index in [1.807, 2.05) is 30.3 Å². The number of thiazole rings is 1. The highest BCUT2D eigenvalue weighted by Crippen LogP contribution is 2.31. The molecule has 0 bridgehead atoms. The third-order valence-electron chi connectivity index (χ3n) is 4.87. The van der Waals surface area contributed by atoms with Crippen molar-refractivity contribution in [2.24, 2.45) is 0 Å². The third kappa shape index (κ3) is 4.48. The van der Waals surface area contributed by atoms with Crippen LogP contribution in [-0.4, -0.2) is 52.9 Å². The smallest absolute Gasteiger partial charge is 0.293 e.